The molecule has 1 heterocycles. The molecule has 0 saturated heterocycles. The van der Waals surface area contributed by atoms with Gasteiger partial charge in [0, 0.05) is 5.92 Å². The highest BCUT2D eigenvalue weighted by atomic mass is 32.1. The lowest BCUT2D eigenvalue weighted by molar-refractivity contribution is -0.140. The molecule has 1 N–H and O–H groups in total. The van der Waals surface area contributed by atoms with E-state index in [0.29, 0.717) is 24.5 Å². The van der Waals surface area contributed by atoms with Crippen LogP contribution < -0.4 is 4.74 Å². The Bertz CT molecular complexity index is 729. The van der Waals surface area contributed by atoms with Crippen LogP contribution in [0, 0.1) is 0 Å². The second-order valence-electron chi connectivity index (χ2n) is 6.58. The molecule has 0 unspecified atom stereocenters. The molecule has 1 aliphatic carbocycles. The Balaban J connectivity index is 2.17. The molecule has 1 fully saturated rings. The summed E-state index contributed by atoms with van der Waals surface area (Å²) in [6.45, 7) is 8.17. The van der Waals surface area contributed by atoms with Gasteiger partial charge in [0.25, 0.3) is 0 Å². The van der Waals surface area contributed by atoms with Crippen LogP contribution in [0.3, 0.4) is 0 Å². The number of carboxylic acids is 1. The van der Waals surface area contributed by atoms with Gasteiger partial charge in [0.05, 0.1) is 21.2 Å². The molecule has 0 radical (unpaired) electrons. The van der Waals surface area contributed by atoms with Crippen LogP contribution in [-0.4, -0.2) is 22.2 Å². The van der Waals surface area contributed by atoms with Gasteiger partial charge in [0.1, 0.15) is 11.3 Å². The molecule has 0 bridgehead atoms. The second-order valence-corrected chi connectivity index (χ2v) is 7.64. The third-order valence-electron chi connectivity index (χ3n) is 4.05. The number of aliphatic carboxylic acids is 1. The lowest BCUT2D eigenvalue weighted by Gasteiger charge is -2.15. The monoisotopic (exact) mass is 319 g/mol. The van der Waals surface area contributed by atoms with Crippen LogP contribution in [-0.2, 0) is 10.2 Å². The van der Waals surface area contributed by atoms with E-state index in [2.05, 4.69) is 13.8 Å². The van der Waals surface area contributed by atoms with Gasteiger partial charge in [-0.1, -0.05) is 13.8 Å². The minimum atomic E-state index is -0.740. The fourth-order valence-electron chi connectivity index (χ4n) is 2.63. The zero-order chi connectivity index (χ0) is 16.1. The minimum Gasteiger partial charge on any atom is -0.489 e. The quantitative estimate of drug-likeness (QED) is 0.891. The average molecular weight is 319 g/mol. The van der Waals surface area contributed by atoms with E-state index in [9.17, 15) is 9.90 Å². The molecule has 0 aliphatic heterocycles. The second kappa shape index (κ2) is 5.23. The highest BCUT2D eigenvalue weighted by Crippen LogP contribution is 2.50. The molecule has 0 atom stereocenters. The summed E-state index contributed by atoms with van der Waals surface area (Å²) in [5.41, 5.74) is 0.986. The predicted molar refractivity (Wildman–Crippen MR) is 88.0 cm³/mol. The van der Waals surface area contributed by atoms with Gasteiger partial charge in [-0.3, -0.25) is 4.79 Å². The third-order valence-corrected chi connectivity index (χ3v) is 5.35. The van der Waals surface area contributed by atoms with Crippen molar-refractivity contribution in [2.45, 2.75) is 58.0 Å². The van der Waals surface area contributed by atoms with Gasteiger partial charge >= 0.3 is 5.97 Å². The van der Waals surface area contributed by atoms with E-state index in [1.54, 1.807) is 11.3 Å². The minimum absolute atomic E-state index is 0.0302. The summed E-state index contributed by atoms with van der Waals surface area (Å²) < 4.78 is 6.93. The maximum Gasteiger partial charge on any atom is 0.314 e. The molecular formula is C17H21NO3S. The molecule has 0 spiro atoms. The lowest BCUT2D eigenvalue weighted by atomic mass is 9.96. The Hall–Kier alpha value is -1.62. The summed E-state index contributed by atoms with van der Waals surface area (Å²) in [5.74, 6) is 0.316. The standard InChI is InChI=1S/C17H21NO3S/c1-9(2)15-18-14-12(21-10(3)4)7-11(8-13(14)22-15)17(5-6-17)16(19)20/h7-10H,5-6H2,1-4H3,(H,19,20). The molecule has 1 aromatic heterocycles. The predicted octanol–water partition coefficient (Wildman–Crippen LogP) is 4.32. The Labute approximate surface area is 134 Å². The van der Waals surface area contributed by atoms with Gasteiger partial charge < -0.3 is 9.84 Å². The van der Waals surface area contributed by atoms with Crippen molar-refractivity contribution in [2.75, 3.05) is 0 Å². The Morgan fingerprint density at radius 1 is 1.32 bits per heavy atom. The van der Waals surface area contributed by atoms with E-state index >= 15 is 0 Å². The summed E-state index contributed by atoms with van der Waals surface area (Å²) >= 11 is 1.63. The van der Waals surface area contributed by atoms with E-state index in [1.807, 2.05) is 26.0 Å². The SMILES string of the molecule is CC(C)Oc1cc(C2(C(=O)O)CC2)cc2sc(C(C)C)nc12. The number of hydrogen-bond acceptors (Lipinski definition) is 4. The number of thiazole rings is 1. The first-order valence-corrected chi connectivity index (χ1v) is 8.50. The van der Waals surface area contributed by atoms with Crippen molar-refractivity contribution in [2.24, 2.45) is 0 Å². The van der Waals surface area contributed by atoms with Crippen LogP contribution in [0.2, 0.25) is 0 Å². The highest BCUT2D eigenvalue weighted by Gasteiger charge is 2.52. The molecule has 1 aliphatic rings. The molecule has 1 aromatic carbocycles. The topological polar surface area (TPSA) is 59.4 Å². The molecule has 0 amide bonds. The number of nitrogens with zero attached hydrogens (tertiary/aromatic N) is 1. The van der Waals surface area contributed by atoms with Crippen LogP contribution >= 0.6 is 11.3 Å². The normalized spacial score (nSPS) is 16.5. The van der Waals surface area contributed by atoms with E-state index < -0.39 is 11.4 Å². The van der Waals surface area contributed by atoms with E-state index in [0.717, 1.165) is 20.8 Å². The maximum absolute atomic E-state index is 11.6. The largest absolute Gasteiger partial charge is 0.489 e. The molecule has 1 saturated carbocycles. The van der Waals surface area contributed by atoms with Gasteiger partial charge in [0.2, 0.25) is 0 Å². The number of aromatic nitrogens is 1. The fourth-order valence-corrected chi connectivity index (χ4v) is 3.66. The summed E-state index contributed by atoms with van der Waals surface area (Å²) in [6.07, 6.45) is 1.43. The first-order valence-electron chi connectivity index (χ1n) is 7.68. The number of carbonyl (C=O) groups is 1. The Morgan fingerprint density at radius 3 is 2.50 bits per heavy atom. The summed E-state index contributed by atoms with van der Waals surface area (Å²) in [4.78, 5) is 16.3. The number of ether oxygens (including phenoxy) is 1. The van der Waals surface area contributed by atoms with Gasteiger partial charge in [-0.2, -0.15) is 0 Å². The van der Waals surface area contributed by atoms with Crippen molar-refractivity contribution in [1.29, 1.82) is 0 Å². The van der Waals surface area contributed by atoms with Gasteiger partial charge in [-0.05, 0) is 44.4 Å². The molecule has 5 heteroatoms. The average Bonchev–Trinajstić information content (AvgIpc) is 3.11. The number of carboxylic acid groups (broad SMARTS) is 1. The molecule has 22 heavy (non-hydrogen) atoms. The van der Waals surface area contributed by atoms with Crippen LogP contribution in [0.25, 0.3) is 10.2 Å². The molecule has 4 nitrogen and oxygen atoms in total. The zero-order valence-electron chi connectivity index (χ0n) is 13.3. The Kier molecular flexibility index (Phi) is 3.63. The van der Waals surface area contributed by atoms with E-state index in [4.69, 9.17) is 9.72 Å². The van der Waals surface area contributed by atoms with Crippen LogP contribution in [0.5, 0.6) is 5.75 Å². The van der Waals surface area contributed by atoms with Crippen LogP contribution in [0.1, 0.15) is 57.0 Å². The van der Waals surface area contributed by atoms with Crippen molar-refractivity contribution in [3.63, 3.8) is 0 Å². The Morgan fingerprint density at radius 2 is 2.00 bits per heavy atom. The van der Waals surface area contributed by atoms with Crippen molar-refractivity contribution in [3.8, 4) is 5.75 Å². The first kappa shape index (κ1) is 15.3. The molecular weight excluding hydrogens is 298 g/mol. The summed E-state index contributed by atoms with van der Waals surface area (Å²) in [6, 6.07) is 3.88. The zero-order valence-corrected chi connectivity index (χ0v) is 14.2. The maximum atomic E-state index is 11.6. The number of hydrogen-bond donors (Lipinski definition) is 1. The van der Waals surface area contributed by atoms with Crippen molar-refractivity contribution in [3.05, 3.63) is 22.7 Å². The smallest absolute Gasteiger partial charge is 0.314 e. The van der Waals surface area contributed by atoms with Gasteiger partial charge in [-0.25, -0.2) is 4.98 Å². The first-order chi connectivity index (χ1) is 10.3. The number of benzene rings is 1. The van der Waals surface area contributed by atoms with Crippen molar-refractivity contribution in [1.82, 2.24) is 4.98 Å². The third kappa shape index (κ3) is 2.47. The molecule has 2 aromatic rings. The lowest BCUT2D eigenvalue weighted by Crippen LogP contribution is -2.19. The van der Waals surface area contributed by atoms with Crippen molar-refractivity contribution >= 4 is 27.5 Å². The molecule has 118 valence electrons. The van der Waals surface area contributed by atoms with Crippen LogP contribution in [0.15, 0.2) is 12.1 Å². The number of fused-ring (bicyclic) bond motifs is 1. The highest BCUT2D eigenvalue weighted by molar-refractivity contribution is 7.18. The van der Waals surface area contributed by atoms with Gasteiger partial charge in [0.15, 0.2) is 0 Å². The summed E-state index contributed by atoms with van der Waals surface area (Å²) in [7, 11) is 0. The summed E-state index contributed by atoms with van der Waals surface area (Å²) in [5, 5.41) is 10.6. The van der Waals surface area contributed by atoms with E-state index in [1.165, 1.54) is 0 Å². The number of rotatable bonds is 5. The fraction of sp³-hybridized carbons (Fsp3) is 0.529. The molecule has 3 rings (SSSR count). The van der Waals surface area contributed by atoms with Gasteiger partial charge in [-0.15, -0.1) is 11.3 Å². The van der Waals surface area contributed by atoms with E-state index in [-0.39, 0.29) is 6.10 Å². The van der Waals surface area contributed by atoms with Crippen molar-refractivity contribution < 1.29 is 14.6 Å². The van der Waals surface area contributed by atoms with Crippen LogP contribution in [0.4, 0.5) is 0 Å².